The van der Waals surface area contributed by atoms with Crippen LogP contribution in [0.3, 0.4) is 0 Å². The van der Waals surface area contributed by atoms with Gasteiger partial charge >= 0.3 is 0 Å². The predicted molar refractivity (Wildman–Crippen MR) is 103 cm³/mol. The number of furan rings is 1. The van der Waals surface area contributed by atoms with Gasteiger partial charge in [-0.25, -0.2) is 0 Å². The van der Waals surface area contributed by atoms with Crippen LogP contribution in [0.4, 0.5) is 0 Å². The van der Waals surface area contributed by atoms with Crippen LogP contribution in [0.1, 0.15) is 41.9 Å². The van der Waals surface area contributed by atoms with E-state index in [1.165, 1.54) is 6.26 Å². The van der Waals surface area contributed by atoms with E-state index < -0.39 is 0 Å². The van der Waals surface area contributed by atoms with Gasteiger partial charge < -0.3 is 24.1 Å². The van der Waals surface area contributed by atoms with E-state index >= 15 is 0 Å². The molecule has 1 saturated heterocycles. The number of likely N-dealkylation sites (tertiary alicyclic amines) is 1. The molecular weight excluding hydrogens is 360 g/mol. The smallest absolute Gasteiger partial charge is 0.289 e. The molecule has 7 heteroatoms. The number of methoxy groups -OCH3 is 2. The molecule has 150 valence electrons. The van der Waals surface area contributed by atoms with E-state index in [1.807, 2.05) is 25.1 Å². The molecule has 2 heterocycles. The maximum Gasteiger partial charge on any atom is 0.289 e. The minimum Gasteiger partial charge on any atom is -0.497 e. The second-order valence-corrected chi connectivity index (χ2v) is 6.88. The van der Waals surface area contributed by atoms with Gasteiger partial charge in [-0.3, -0.25) is 9.59 Å². The van der Waals surface area contributed by atoms with Crippen LogP contribution in [-0.2, 0) is 4.79 Å². The summed E-state index contributed by atoms with van der Waals surface area (Å²) < 4.78 is 15.9. The van der Waals surface area contributed by atoms with Gasteiger partial charge in [-0.15, -0.1) is 0 Å². The van der Waals surface area contributed by atoms with Crippen LogP contribution in [0.5, 0.6) is 11.5 Å². The minimum atomic E-state index is -0.222. The van der Waals surface area contributed by atoms with E-state index in [0.717, 1.165) is 5.56 Å². The Kier molecular flexibility index (Phi) is 6.23. The Balaban J connectivity index is 1.58. The summed E-state index contributed by atoms with van der Waals surface area (Å²) in [7, 11) is 3.21. The molecule has 28 heavy (non-hydrogen) atoms. The number of hydrogen-bond acceptors (Lipinski definition) is 5. The lowest BCUT2D eigenvalue weighted by atomic mass is 9.95. The molecule has 0 aliphatic carbocycles. The monoisotopic (exact) mass is 386 g/mol. The zero-order valence-corrected chi connectivity index (χ0v) is 16.4. The highest BCUT2D eigenvalue weighted by molar-refractivity contribution is 5.91. The van der Waals surface area contributed by atoms with Crippen LogP contribution in [0.25, 0.3) is 0 Å². The second-order valence-electron chi connectivity index (χ2n) is 6.88. The maximum atomic E-state index is 12.7. The number of nitrogens with one attached hydrogen (secondary N) is 1. The molecule has 2 amide bonds. The summed E-state index contributed by atoms with van der Waals surface area (Å²) in [6, 6.07) is 8.65. The van der Waals surface area contributed by atoms with Gasteiger partial charge in [-0.1, -0.05) is 0 Å². The van der Waals surface area contributed by atoms with Crippen molar-refractivity contribution in [1.29, 1.82) is 0 Å². The first-order valence-corrected chi connectivity index (χ1v) is 9.38. The fourth-order valence-electron chi connectivity index (χ4n) is 3.49. The number of hydrogen-bond donors (Lipinski definition) is 1. The molecule has 0 spiro atoms. The first-order chi connectivity index (χ1) is 13.5. The fourth-order valence-corrected chi connectivity index (χ4v) is 3.49. The number of nitrogens with zero attached hydrogens (tertiary/aromatic N) is 1. The molecule has 1 unspecified atom stereocenters. The standard InChI is InChI=1S/C21H26N2O5/c1-14(17-13-16(26-2)6-7-18(17)27-3)22-20(24)15-8-10-23(11-9-15)21(25)19-5-4-12-28-19/h4-7,12-15H,8-11H2,1-3H3,(H,22,24). The Bertz CT molecular complexity index is 810. The third-order valence-electron chi connectivity index (χ3n) is 5.15. The van der Waals surface area contributed by atoms with Crippen molar-refractivity contribution < 1.29 is 23.5 Å². The van der Waals surface area contributed by atoms with Gasteiger partial charge in [0.2, 0.25) is 5.91 Å². The lowest BCUT2D eigenvalue weighted by Crippen LogP contribution is -2.43. The van der Waals surface area contributed by atoms with Gasteiger partial charge in [0.15, 0.2) is 5.76 Å². The molecule has 3 rings (SSSR count). The largest absolute Gasteiger partial charge is 0.497 e. The average molecular weight is 386 g/mol. The molecule has 1 N–H and O–H groups in total. The molecule has 2 aromatic rings. The highest BCUT2D eigenvalue weighted by atomic mass is 16.5. The maximum absolute atomic E-state index is 12.7. The molecule has 0 radical (unpaired) electrons. The van der Waals surface area contributed by atoms with Gasteiger partial charge in [0, 0.05) is 24.6 Å². The van der Waals surface area contributed by atoms with E-state index in [2.05, 4.69) is 5.32 Å². The molecule has 1 atom stereocenters. The van der Waals surface area contributed by atoms with E-state index in [9.17, 15) is 9.59 Å². The molecule has 1 aromatic carbocycles. The van der Waals surface area contributed by atoms with Gasteiger partial charge in [-0.05, 0) is 50.1 Å². The van der Waals surface area contributed by atoms with E-state index in [-0.39, 0.29) is 23.8 Å². The van der Waals surface area contributed by atoms with Crippen LogP contribution in [0.15, 0.2) is 41.0 Å². The van der Waals surface area contributed by atoms with Crippen molar-refractivity contribution in [1.82, 2.24) is 10.2 Å². The summed E-state index contributed by atoms with van der Waals surface area (Å²) in [4.78, 5) is 26.8. The zero-order valence-electron chi connectivity index (χ0n) is 16.4. The van der Waals surface area contributed by atoms with Gasteiger partial charge in [0.05, 0.1) is 26.5 Å². The Hall–Kier alpha value is -2.96. The first kappa shape index (κ1) is 19.8. The predicted octanol–water partition coefficient (Wildman–Crippen LogP) is 3.03. The van der Waals surface area contributed by atoms with Gasteiger partial charge in [-0.2, -0.15) is 0 Å². The Morgan fingerprint density at radius 3 is 2.54 bits per heavy atom. The number of carbonyl (C=O) groups is 2. The Morgan fingerprint density at radius 2 is 1.93 bits per heavy atom. The topological polar surface area (TPSA) is 81.0 Å². The van der Waals surface area contributed by atoms with Gasteiger partial charge in [0.1, 0.15) is 11.5 Å². The molecule has 1 fully saturated rings. The lowest BCUT2D eigenvalue weighted by molar-refractivity contribution is -0.127. The average Bonchev–Trinajstić information content (AvgIpc) is 3.27. The highest BCUT2D eigenvalue weighted by Crippen LogP contribution is 2.30. The normalized spacial score (nSPS) is 15.8. The first-order valence-electron chi connectivity index (χ1n) is 9.38. The molecule has 1 aliphatic rings. The van der Waals surface area contributed by atoms with E-state index in [4.69, 9.17) is 13.9 Å². The van der Waals surface area contributed by atoms with Crippen molar-refractivity contribution in [3.63, 3.8) is 0 Å². The minimum absolute atomic E-state index is 0.0116. The number of amides is 2. The van der Waals surface area contributed by atoms with Crippen molar-refractivity contribution in [3.8, 4) is 11.5 Å². The number of piperidine rings is 1. The lowest BCUT2D eigenvalue weighted by Gasteiger charge is -2.31. The van der Waals surface area contributed by atoms with Gasteiger partial charge in [0.25, 0.3) is 5.91 Å². The Labute approximate surface area is 164 Å². The number of carbonyl (C=O) groups excluding carboxylic acids is 2. The Morgan fingerprint density at radius 1 is 1.18 bits per heavy atom. The molecular formula is C21H26N2O5. The van der Waals surface area contributed by atoms with E-state index in [1.54, 1.807) is 31.3 Å². The van der Waals surface area contributed by atoms with Crippen LogP contribution in [0, 0.1) is 5.92 Å². The molecule has 7 nitrogen and oxygen atoms in total. The SMILES string of the molecule is COc1ccc(OC)c(C(C)NC(=O)C2CCN(C(=O)c3ccco3)CC2)c1. The van der Waals surface area contributed by atoms with Crippen molar-refractivity contribution in [2.45, 2.75) is 25.8 Å². The summed E-state index contributed by atoms with van der Waals surface area (Å²) in [5.41, 5.74) is 0.862. The highest BCUT2D eigenvalue weighted by Gasteiger charge is 2.29. The number of rotatable bonds is 6. The fraction of sp³-hybridized carbons (Fsp3) is 0.429. The van der Waals surface area contributed by atoms with Crippen LogP contribution < -0.4 is 14.8 Å². The second kappa shape index (κ2) is 8.82. The summed E-state index contributed by atoms with van der Waals surface area (Å²) in [5.74, 6) is 1.48. The molecule has 1 aromatic heterocycles. The summed E-state index contributed by atoms with van der Waals surface area (Å²) in [6.45, 7) is 2.99. The summed E-state index contributed by atoms with van der Waals surface area (Å²) >= 11 is 0. The molecule has 0 saturated carbocycles. The van der Waals surface area contributed by atoms with Crippen molar-refractivity contribution in [3.05, 3.63) is 47.9 Å². The van der Waals surface area contributed by atoms with Crippen molar-refractivity contribution >= 4 is 11.8 Å². The van der Waals surface area contributed by atoms with Crippen molar-refractivity contribution in [2.75, 3.05) is 27.3 Å². The summed E-state index contributed by atoms with van der Waals surface area (Å²) in [5, 5.41) is 3.07. The quantitative estimate of drug-likeness (QED) is 0.825. The van der Waals surface area contributed by atoms with Crippen molar-refractivity contribution in [2.24, 2.45) is 5.92 Å². The van der Waals surface area contributed by atoms with Crippen LogP contribution in [0.2, 0.25) is 0 Å². The summed E-state index contributed by atoms with van der Waals surface area (Å²) in [6.07, 6.45) is 2.74. The number of ether oxygens (including phenoxy) is 2. The van der Waals surface area contributed by atoms with Crippen LogP contribution >= 0.6 is 0 Å². The third-order valence-corrected chi connectivity index (χ3v) is 5.15. The van der Waals surface area contributed by atoms with Crippen LogP contribution in [-0.4, -0.2) is 44.0 Å². The number of benzene rings is 1. The molecule has 0 bridgehead atoms. The van der Waals surface area contributed by atoms with E-state index in [0.29, 0.717) is 43.2 Å². The zero-order chi connectivity index (χ0) is 20.1. The molecule has 1 aliphatic heterocycles. The third kappa shape index (κ3) is 4.30.